The molecule has 0 aliphatic carbocycles. The second-order valence-electron chi connectivity index (χ2n) is 7.06. The molecule has 0 aliphatic rings. The Balaban J connectivity index is 1.51. The first-order valence-electron chi connectivity index (χ1n) is 9.89. The second kappa shape index (κ2) is 8.62. The summed E-state index contributed by atoms with van der Waals surface area (Å²) in [6.07, 6.45) is 2.10. The van der Waals surface area contributed by atoms with E-state index in [0.717, 1.165) is 51.2 Å². The van der Waals surface area contributed by atoms with Crippen LogP contribution in [0.1, 0.15) is 41.5 Å². The summed E-state index contributed by atoms with van der Waals surface area (Å²) < 4.78 is 7.39. The molecule has 154 valence electrons. The largest absolute Gasteiger partial charge is 0.494 e. The number of nitrogens with zero attached hydrogens (tertiary/aromatic N) is 4. The number of unbranched alkanes of at least 4 members (excludes halogenated alkanes) is 1. The fourth-order valence-electron chi connectivity index (χ4n) is 2.95. The topological polar surface area (TPSA) is 81.4 Å². The van der Waals surface area contributed by atoms with E-state index in [-0.39, 0.29) is 5.91 Å². The molecule has 0 aliphatic heterocycles. The molecule has 0 unspecified atom stereocenters. The van der Waals surface area contributed by atoms with E-state index in [2.05, 4.69) is 27.5 Å². The maximum atomic E-state index is 12.7. The molecule has 1 amide bonds. The highest BCUT2D eigenvalue weighted by molar-refractivity contribution is 7.19. The Hall–Kier alpha value is -3.26. The minimum atomic E-state index is -0.163. The molecular formula is C22H23N5O2S. The summed E-state index contributed by atoms with van der Waals surface area (Å²) in [6.45, 7) is 6.64. The Kier molecular flexibility index (Phi) is 5.76. The minimum absolute atomic E-state index is 0.163. The molecule has 0 atom stereocenters. The van der Waals surface area contributed by atoms with Crippen molar-refractivity contribution in [1.82, 2.24) is 19.8 Å². The summed E-state index contributed by atoms with van der Waals surface area (Å²) in [6, 6.07) is 13.1. The zero-order chi connectivity index (χ0) is 21.1. The van der Waals surface area contributed by atoms with Crippen molar-refractivity contribution in [3.05, 3.63) is 59.4 Å². The van der Waals surface area contributed by atoms with Crippen LogP contribution in [0, 0.1) is 13.8 Å². The van der Waals surface area contributed by atoms with Crippen molar-refractivity contribution in [1.29, 1.82) is 0 Å². The van der Waals surface area contributed by atoms with E-state index in [9.17, 15) is 4.79 Å². The predicted octanol–water partition coefficient (Wildman–Crippen LogP) is 4.90. The molecule has 0 saturated carbocycles. The number of hydrogen-bond donors (Lipinski definition) is 1. The Morgan fingerprint density at radius 2 is 1.93 bits per heavy atom. The first-order chi connectivity index (χ1) is 14.5. The lowest BCUT2D eigenvalue weighted by Gasteiger charge is -2.11. The van der Waals surface area contributed by atoms with Gasteiger partial charge in [-0.25, -0.2) is 0 Å². The van der Waals surface area contributed by atoms with Crippen LogP contribution in [0.5, 0.6) is 5.75 Å². The van der Waals surface area contributed by atoms with Gasteiger partial charge >= 0.3 is 0 Å². The highest BCUT2D eigenvalue weighted by Gasteiger charge is 2.13. The fraction of sp³-hybridized carbons (Fsp3) is 0.273. The van der Waals surface area contributed by atoms with E-state index in [4.69, 9.17) is 4.74 Å². The molecule has 0 spiro atoms. The van der Waals surface area contributed by atoms with Crippen molar-refractivity contribution in [2.75, 3.05) is 11.9 Å². The standard InChI is InChI=1S/C22H23N5O2S/c1-4-5-12-29-18-10-8-16(9-11-18)20(28)23-19-13-17(7-6-14(19)2)21-26-27-15(3)24-25-22(27)30-21/h6-11,13H,4-5,12H2,1-3H3,(H,23,28). The minimum Gasteiger partial charge on any atom is -0.494 e. The summed E-state index contributed by atoms with van der Waals surface area (Å²) in [5.41, 5.74) is 3.23. The smallest absolute Gasteiger partial charge is 0.255 e. The lowest BCUT2D eigenvalue weighted by atomic mass is 10.1. The lowest BCUT2D eigenvalue weighted by molar-refractivity contribution is 0.102. The van der Waals surface area contributed by atoms with Gasteiger partial charge in [-0.3, -0.25) is 4.79 Å². The number of nitrogens with one attached hydrogen (secondary N) is 1. The number of rotatable bonds is 7. The van der Waals surface area contributed by atoms with Crippen LogP contribution < -0.4 is 10.1 Å². The monoisotopic (exact) mass is 421 g/mol. The van der Waals surface area contributed by atoms with Crippen LogP contribution in [0.15, 0.2) is 42.5 Å². The lowest BCUT2D eigenvalue weighted by Crippen LogP contribution is -2.12. The van der Waals surface area contributed by atoms with Crippen LogP contribution in [0.3, 0.4) is 0 Å². The molecule has 4 rings (SSSR count). The van der Waals surface area contributed by atoms with E-state index in [1.807, 2.05) is 44.2 Å². The van der Waals surface area contributed by atoms with Gasteiger partial charge in [0.25, 0.3) is 5.91 Å². The van der Waals surface area contributed by atoms with E-state index in [1.54, 1.807) is 16.6 Å². The normalized spacial score (nSPS) is 11.0. The summed E-state index contributed by atoms with van der Waals surface area (Å²) in [7, 11) is 0. The number of aromatic nitrogens is 4. The van der Waals surface area contributed by atoms with E-state index in [1.165, 1.54) is 11.3 Å². The van der Waals surface area contributed by atoms with Crippen molar-refractivity contribution in [3.8, 4) is 16.3 Å². The molecule has 0 saturated heterocycles. The van der Waals surface area contributed by atoms with Gasteiger partial charge in [-0.15, -0.1) is 10.2 Å². The number of benzene rings is 2. The molecule has 7 nitrogen and oxygen atoms in total. The van der Waals surface area contributed by atoms with Crippen LogP contribution in [-0.2, 0) is 0 Å². The van der Waals surface area contributed by atoms with Crippen molar-refractivity contribution in [3.63, 3.8) is 0 Å². The molecule has 2 aromatic carbocycles. The molecule has 0 radical (unpaired) electrons. The SMILES string of the molecule is CCCCOc1ccc(C(=O)Nc2cc(-c3nn4c(C)nnc4s3)ccc2C)cc1. The number of amides is 1. The molecule has 2 aromatic heterocycles. The van der Waals surface area contributed by atoms with Crippen LogP contribution >= 0.6 is 11.3 Å². The highest BCUT2D eigenvalue weighted by atomic mass is 32.1. The molecule has 1 N–H and O–H groups in total. The van der Waals surface area contributed by atoms with E-state index in [0.29, 0.717) is 12.2 Å². The van der Waals surface area contributed by atoms with Gasteiger partial charge in [0.1, 0.15) is 10.8 Å². The van der Waals surface area contributed by atoms with Gasteiger partial charge in [0.2, 0.25) is 4.96 Å². The first-order valence-corrected chi connectivity index (χ1v) is 10.7. The number of carbonyl (C=O) groups is 1. The number of hydrogen-bond acceptors (Lipinski definition) is 6. The Bertz CT molecular complexity index is 1180. The molecule has 4 aromatic rings. The van der Waals surface area contributed by atoms with Gasteiger partial charge in [0, 0.05) is 16.8 Å². The summed E-state index contributed by atoms with van der Waals surface area (Å²) in [4.78, 5) is 13.5. The first kappa shape index (κ1) is 20.0. The van der Waals surface area contributed by atoms with Crippen LogP contribution in [0.25, 0.3) is 15.5 Å². The number of fused-ring (bicyclic) bond motifs is 1. The maximum absolute atomic E-state index is 12.7. The third kappa shape index (κ3) is 4.18. The number of anilines is 1. The zero-order valence-electron chi connectivity index (χ0n) is 17.2. The Morgan fingerprint density at radius 1 is 1.13 bits per heavy atom. The third-order valence-electron chi connectivity index (χ3n) is 4.76. The Labute approximate surface area is 178 Å². The molecular weight excluding hydrogens is 398 g/mol. The zero-order valence-corrected chi connectivity index (χ0v) is 18.0. The summed E-state index contributed by atoms with van der Waals surface area (Å²) >= 11 is 1.46. The number of ether oxygens (including phenoxy) is 1. The second-order valence-corrected chi connectivity index (χ2v) is 8.01. The quantitative estimate of drug-likeness (QED) is 0.429. The molecule has 0 fully saturated rings. The summed E-state index contributed by atoms with van der Waals surface area (Å²) in [5.74, 6) is 1.36. The van der Waals surface area contributed by atoms with Crippen molar-refractivity contribution < 1.29 is 9.53 Å². The van der Waals surface area contributed by atoms with Gasteiger partial charge < -0.3 is 10.1 Å². The van der Waals surface area contributed by atoms with Crippen LogP contribution in [0.2, 0.25) is 0 Å². The molecule has 8 heteroatoms. The van der Waals surface area contributed by atoms with Crippen LogP contribution in [-0.4, -0.2) is 32.3 Å². The molecule has 30 heavy (non-hydrogen) atoms. The van der Waals surface area contributed by atoms with E-state index < -0.39 is 0 Å². The van der Waals surface area contributed by atoms with Crippen molar-refractivity contribution in [2.24, 2.45) is 0 Å². The van der Waals surface area contributed by atoms with Crippen molar-refractivity contribution in [2.45, 2.75) is 33.6 Å². The average molecular weight is 422 g/mol. The number of carbonyl (C=O) groups excluding carboxylic acids is 1. The predicted molar refractivity (Wildman–Crippen MR) is 118 cm³/mol. The van der Waals surface area contributed by atoms with Crippen LogP contribution in [0.4, 0.5) is 5.69 Å². The maximum Gasteiger partial charge on any atom is 0.255 e. The van der Waals surface area contributed by atoms with E-state index >= 15 is 0 Å². The fourth-order valence-corrected chi connectivity index (χ4v) is 3.83. The molecule has 2 heterocycles. The van der Waals surface area contributed by atoms with Gasteiger partial charge in [-0.2, -0.15) is 9.61 Å². The van der Waals surface area contributed by atoms with Gasteiger partial charge in [-0.05, 0) is 56.2 Å². The average Bonchev–Trinajstić information content (AvgIpc) is 3.32. The highest BCUT2D eigenvalue weighted by Crippen LogP contribution is 2.29. The third-order valence-corrected chi connectivity index (χ3v) is 5.71. The van der Waals surface area contributed by atoms with Crippen molar-refractivity contribution >= 4 is 27.9 Å². The van der Waals surface area contributed by atoms with Gasteiger partial charge in [0.05, 0.1) is 6.61 Å². The molecule has 0 bridgehead atoms. The van der Waals surface area contributed by atoms with Gasteiger partial charge in [0.15, 0.2) is 5.82 Å². The Morgan fingerprint density at radius 3 is 2.67 bits per heavy atom. The number of aryl methyl sites for hydroxylation is 2. The van der Waals surface area contributed by atoms with Gasteiger partial charge in [-0.1, -0.05) is 36.8 Å². The summed E-state index contributed by atoms with van der Waals surface area (Å²) in [5, 5.41) is 16.5.